The van der Waals surface area contributed by atoms with Gasteiger partial charge in [0.15, 0.2) is 0 Å². The second kappa shape index (κ2) is 14.2. The molecule has 8 nitrogen and oxygen atoms in total. The van der Waals surface area contributed by atoms with Crippen LogP contribution in [0.25, 0.3) is 0 Å². The Morgan fingerprint density at radius 1 is 0.950 bits per heavy atom. The molecule has 10 heteroatoms. The number of para-hydroxylation sites is 2. The summed E-state index contributed by atoms with van der Waals surface area (Å²) in [5.41, 5.74) is 0.928. The molecule has 0 spiro atoms. The van der Waals surface area contributed by atoms with Gasteiger partial charge in [-0.05, 0) is 61.7 Å². The summed E-state index contributed by atoms with van der Waals surface area (Å²) in [5.74, 6) is -0.356. The van der Waals surface area contributed by atoms with Crippen LogP contribution in [0.2, 0.25) is 5.02 Å². The fraction of sp³-hybridized carbons (Fsp3) is 0.333. The molecule has 1 N–H and O–H groups in total. The van der Waals surface area contributed by atoms with Crippen LogP contribution in [-0.2, 0) is 26.2 Å². The first-order chi connectivity index (χ1) is 19.0. The SMILES string of the molecule is CCOc1ccccc1N(CC(=O)N(Cc1cccc(Cl)c1)[C@H](C)C(=O)NCC(C)C)S(=O)(=O)c1ccccc1. The van der Waals surface area contributed by atoms with E-state index >= 15 is 0 Å². The topological polar surface area (TPSA) is 96.0 Å². The molecular weight excluding hydrogens is 550 g/mol. The van der Waals surface area contributed by atoms with Crippen molar-refractivity contribution in [3.05, 3.63) is 89.4 Å². The van der Waals surface area contributed by atoms with Gasteiger partial charge in [0.25, 0.3) is 10.0 Å². The van der Waals surface area contributed by atoms with Crippen LogP contribution in [0.5, 0.6) is 5.75 Å². The lowest BCUT2D eigenvalue weighted by Crippen LogP contribution is -2.51. The number of nitrogens with one attached hydrogen (secondary N) is 1. The van der Waals surface area contributed by atoms with Crippen molar-refractivity contribution in [2.75, 3.05) is 24.0 Å². The Kier molecular flexibility index (Phi) is 11.0. The van der Waals surface area contributed by atoms with Gasteiger partial charge in [-0.1, -0.05) is 67.9 Å². The third-order valence-corrected chi connectivity index (χ3v) is 8.15. The van der Waals surface area contributed by atoms with E-state index < -0.39 is 28.5 Å². The highest BCUT2D eigenvalue weighted by molar-refractivity contribution is 7.92. The average Bonchev–Trinajstić information content (AvgIpc) is 2.94. The molecule has 0 bridgehead atoms. The molecule has 0 saturated heterocycles. The van der Waals surface area contributed by atoms with Crippen molar-refractivity contribution in [3.8, 4) is 5.75 Å². The fourth-order valence-corrected chi connectivity index (χ4v) is 5.70. The Balaban J connectivity index is 2.05. The van der Waals surface area contributed by atoms with Gasteiger partial charge in [-0.3, -0.25) is 13.9 Å². The maximum atomic E-state index is 14.0. The van der Waals surface area contributed by atoms with Crippen LogP contribution in [-0.4, -0.2) is 50.9 Å². The Bertz CT molecular complexity index is 1400. The highest BCUT2D eigenvalue weighted by atomic mass is 35.5. The highest BCUT2D eigenvalue weighted by Gasteiger charge is 2.33. The van der Waals surface area contributed by atoms with Crippen LogP contribution in [0.1, 0.15) is 33.3 Å². The molecule has 0 aliphatic carbocycles. The smallest absolute Gasteiger partial charge is 0.264 e. The first-order valence-corrected chi connectivity index (χ1v) is 15.0. The second-order valence-corrected chi connectivity index (χ2v) is 12.0. The minimum absolute atomic E-state index is 0.0261. The normalized spacial score (nSPS) is 12.1. The number of sulfonamides is 1. The van der Waals surface area contributed by atoms with Gasteiger partial charge >= 0.3 is 0 Å². The first kappa shape index (κ1) is 31.0. The van der Waals surface area contributed by atoms with E-state index in [0.717, 1.165) is 4.31 Å². The van der Waals surface area contributed by atoms with Crippen LogP contribution >= 0.6 is 11.6 Å². The van der Waals surface area contributed by atoms with E-state index in [0.29, 0.717) is 29.5 Å². The maximum Gasteiger partial charge on any atom is 0.264 e. The minimum atomic E-state index is -4.19. The molecule has 3 aromatic rings. The van der Waals surface area contributed by atoms with Crippen molar-refractivity contribution in [2.45, 2.75) is 45.2 Å². The average molecular weight is 586 g/mol. The first-order valence-electron chi connectivity index (χ1n) is 13.2. The Morgan fingerprint density at radius 2 is 1.62 bits per heavy atom. The lowest BCUT2D eigenvalue weighted by molar-refractivity contribution is -0.139. The molecule has 3 rings (SSSR count). The largest absolute Gasteiger partial charge is 0.492 e. The van der Waals surface area contributed by atoms with Crippen LogP contribution in [0.4, 0.5) is 5.69 Å². The molecule has 214 valence electrons. The van der Waals surface area contributed by atoms with E-state index in [-0.39, 0.29) is 29.0 Å². The quantitative estimate of drug-likeness (QED) is 0.300. The molecule has 40 heavy (non-hydrogen) atoms. The Morgan fingerprint density at radius 3 is 2.27 bits per heavy atom. The monoisotopic (exact) mass is 585 g/mol. The minimum Gasteiger partial charge on any atom is -0.492 e. The van der Waals surface area contributed by atoms with E-state index in [1.807, 2.05) is 13.8 Å². The molecule has 0 aliphatic rings. The Hall–Kier alpha value is -3.56. The predicted octanol–water partition coefficient (Wildman–Crippen LogP) is 5.12. The summed E-state index contributed by atoms with van der Waals surface area (Å²) >= 11 is 6.19. The van der Waals surface area contributed by atoms with Gasteiger partial charge in [0, 0.05) is 18.1 Å². The molecule has 0 aliphatic heterocycles. The van der Waals surface area contributed by atoms with Gasteiger partial charge in [-0.2, -0.15) is 0 Å². The summed E-state index contributed by atoms with van der Waals surface area (Å²) in [7, 11) is -4.19. The summed E-state index contributed by atoms with van der Waals surface area (Å²) < 4.78 is 34.6. The summed E-state index contributed by atoms with van der Waals surface area (Å²) in [6, 6.07) is 20.7. The number of anilines is 1. The number of rotatable bonds is 13. The number of benzene rings is 3. The van der Waals surface area contributed by atoms with Gasteiger partial charge in [-0.15, -0.1) is 0 Å². The zero-order valence-corrected chi connectivity index (χ0v) is 24.8. The molecule has 0 unspecified atom stereocenters. The predicted molar refractivity (Wildman–Crippen MR) is 158 cm³/mol. The number of amides is 2. The molecule has 0 heterocycles. The lowest BCUT2D eigenvalue weighted by Gasteiger charge is -2.32. The number of carbonyl (C=O) groups excluding carboxylic acids is 2. The highest BCUT2D eigenvalue weighted by Crippen LogP contribution is 2.33. The molecule has 0 fully saturated rings. The van der Waals surface area contributed by atoms with Gasteiger partial charge < -0.3 is 15.0 Å². The zero-order valence-electron chi connectivity index (χ0n) is 23.2. The Labute approximate surface area is 241 Å². The summed E-state index contributed by atoms with van der Waals surface area (Å²) in [4.78, 5) is 28.5. The number of hydrogen-bond acceptors (Lipinski definition) is 5. The van der Waals surface area contributed by atoms with E-state index in [1.165, 1.54) is 17.0 Å². The summed E-state index contributed by atoms with van der Waals surface area (Å²) in [6.07, 6.45) is 0. The molecular formula is C30H36ClN3O5S. The van der Waals surface area contributed by atoms with Crippen molar-refractivity contribution in [1.29, 1.82) is 0 Å². The van der Waals surface area contributed by atoms with Crippen molar-refractivity contribution >= 4 is 39.1 Å². The lowest BCUT2D eigenvalue weighted by atomic mass is 10.1. The molecule has 1 atom stereocenters. The number of nitrogens with zero attached hydrogens (tertiary/aromatic N) is 2. The molecule has 3 aromatic carbocycles. The van der Waals surface area contributed by atoms with E-state index in [1.54, 1.807) is 80.6 Å². The van der Waals surface area contributed by atoms with Gasteiger partial charge in [0.1, 0.15) is 18.3 Å². The van der Waals surface area contributed by atoms with Crippen molar-refractivity contribution in [3.63, 3.8) is 0 Å². The van der Waals surface area contributed by atoms with Crippen LogP contribution in [0, 0.1) is 5.92 Å². The number of halogens is 1. The van der Waals surface area contributed by atoms with Crippen LogP contribution in [0.3, 0.4) is 0 Å². The van der Waals surface area contributed by atoms with E-state index in [2.05, 4.69) is 5.32 Å². The summed E-state index contributed by atoms with van der Waals surface area (Å²) in [6.45, 7) is 7.62. The summed E-state index contributed by atoms with van der Waals surface area (Å²) in [5, 5.41) is 3.36. The fourth-order valence-electron chi connectivity index (χ4n) is 4.04. The molecule has 2 amide bonds. The van der Waals surface area contributed by atoms with Crippen LogP contribution in [0.15, 0.2) is 83.8 Å². The third-order valence-electron chi connectivity index (χ3n) is 6.14. The number of hydrogen-bond donors (Lipinski definition) is 1. The van der Waals surface area contributed by atoms with Crippen LogP contribution < -0.4 is 14.4 Å². The van der Waals surface area contributed by atoms with Crippen molar-refractivity contribution in [2.24, 2.45) is 5.92 Å². The standard InChI is InChI=1S/C30H36ClN3O5S/c1-5-39-28-17-10-9-16-27(28)34(40(37,38)26-14-7-6-8-15-26)21-29(35)33(20-24-12-11-13-25(31)18-24)23(4)30(36)32-19-22(2)3/h6-18,22-23H,5,19-21H2,1-4H3,(H,32,36)/t23-/m1/s1. The molecule has 0 radical (unpaired) electrons. The van der Waals surface area contributed by atoms with Gasteiger partial charge in [0.2, 0.25) is 11.8 Å². The second-order valence-electron chi connectivity index (χ2n) is 9.69. The number of ether oxygens (including phenoxy) is 1. The number of carbonyl (C=O) groups is 2. The molecule has 0 aromatic heterocycles. The molecule has 0 saturated carbocycles. The zero-order chi connectivity index (χ0) is 29.3. The maximum absolute atomic E-state index is 14.0. The van der Waals surface area contributed by atoms with E-state index in [4.69, 9.17) is 16.3 Å². The van der Waals surface area contributed by atoms with Gasteiger partial charge in [-0.25, -0.2) is 8.42 Å². The third kappa shape index (κ3) is 7.99. The van der Waals surface area contributed by atoms with Crippen molar-refractivity contribution in [1.82, 2.24) is 10.2 Å². The van der Waals surface area contributed by atoms with Crippen molar-refractivity contribution < 1.29 is 22.7 Å². The van der Waals surface area contributed by atoms with E-state index in [9.17, 15) is 18.0 Å². The van der Waals surface area contributed by atoms with Gasteiger partial charge in [0.05, 0.1) is 17.2 Å².